The number of alkyl halides is 4. The van der Waals surface area contributed by atoms with Gasteiger partial charge in [-0.1, -0.05) is 15.9 Å². The molecule has 0 spiro atoms. The fourth-order valence-corrected chi connectivity index (χ4v) is 0.341. The van der Waals surface area contributed by atoms with E-state index in [2.05, 4.69) is 20.7 Å². The van der Waals surface area contributed by atoms with E-state index in [0.29, 0.717) is 0 Å². The normalized spacial score (nSPS) is 13.3. The van der Waals surface area contributed by atoms with Crippen LogP contribution in [0, 0.1) is 0 Å². The number of carbonyl (C=O) groups excluding carboxylic acids is 1. The zero-order valence-electron chi connectivity index (χ0n) is 4.69. The van der Waals surface area contributed by atoms with Crippen molar-refractivity contribution in [2.24, 2.45) is 0 Å². The Morgan fingerprint density at radius 3 is 2.30 bits per heavy atom. The van der Waals surface area contributed by atoms with E-state index in [1.165, 1.54) is 0 Å². The molecule has 2 nitrogen and oxygen atoms in total. The van der Waals surface area contributed by atoms with Crippen molar-refractivity contribution < 1.29 is 22.7 Å². The van der Waals surface area contributed by atoms with E-state index in [-0.39, 0.29) is 5.33 Å². The summed E-state index contributed by atoms with van der Waals surface area (Å²) >= 11 is 2.61. The standard InChI is InChI=1S/C4H4BrF3O2/c5-1-2(9)10-4(8)3(6)7/h3-4H,1H2. The second-order valence-electron chi connectivity index (χ2n) is 1.31. The van der Waals surface area contributed by atoms with Gasteiger partial charge in [0.15, 0.2) is 0 Å². The van der Waals surface area contributed by atoms with Crippen LogP contribution >= 0.6 is 15.9 Å². The molecule has 0 radical (unpaired) electrons. The van der Waals surface area contributed by atoms with Gasteiger partial charge >= 0.3 is 18.8 Å². The molecule has 1 unspecified atom stereocenters. The molecule has 0 aromatic carbocycles. The van der Waals surface area contributed by atoms with E-state index >= 15 is 0 Å². The van der Waals surface area contributed by atoms with Crippen molar-refractivity contribution in [1.82, 2.24) is 0 Å². The molecule has 60 valence electrons. The van der Waals surface area contributed by atoms with Crippen LogP contribution in [0.4, 0.5) is 13.2 Å². The minimum atomic E-state index is -3.28. The molecule has 0 aromatic heterocycles. The number of carbonyl (C=O) groups is 1. The van der Waals surface area contributed by atoms with Gasteiger partial charge in [0.25, 0.3) is 0 Å². The summed E-state index contributed by atoms with van der Waals surface area (Å²) in [5.41, 5.74) is 0. The highest BCUT2D eigenvalue weighted by Crippen LogP contribution is 2.07. The fraction of sp³-hybridized carbons (Fsp3) is 0.750. The average molecular weight is 221 g/mol. The molecule has 1 atom stereocenters. The van der Waals surface area contributed by atoms with Gasteiger partial charge in [-0.15, -0.1) is 0 Å². The zero-order chi connectivity index (χ0) is 8.15. The second-order valence-corrected chi connectivity index (χ2v) is 1.87. The molecule has 0 N–H and O–H groups in total. The maximum Gasteiger partial charge on any atom is 0.319 e. The lowest BCUT2D eigenvalue weighted by Crippen LogP contribution is -2.21. The number of hydrogen-bond donors (Lipinski definition) is 0. The van der Waals surface area contributed by atoms with Crippen LogP contribution in [0.25, 0.3) is 0 Å². The first-order chi connectivity index (χ1) is 4.57. The van der Waals surface area contributed by atoms with Crippen molar-refractivity contribution in [2.75, 3.05) is 5.33 Å². The molecule has 0 saturated heterocycles. The summed E-state index contributed by atoms with van der Waals surface area (Å²) in [6.07, 6.45) is -6.09. The molecule has 10 heavy (non-hydrogen) atoms. The first-order valence-corrected chi connectivity index (χ1v) is 3.37. The Balaban J connectivity index is 3.57. The van der Waals surface area contributed by atoms with Crippen molar-refractivity contribution in [2.45, 2.75) is 12.8 Å². The molecule has 6 heteroatoms. The third kappa shape index (κ3) is 3.71. The Labute approximate surface area is 63.5 Å². The van der Waals surface area contributed by atoms with E-state index in [9.17, 15) is 18.0 Å². The van der Waals surface area contributed by atoms with Gasteiger partial charge in [-0.3, -0.25) is 4.79 Å². The van der Waals surface area contributed by atoms with Crippen LogP contribution in [0.5, 0.6) is 0 Å². The number of rotatable bonds is 3. The molecule has 0 fully saturated rings. The van der Waals surface area contributed by atoms with Crippen LogP contribution in [0.15, 0.2) is 0 Å². The van der Waals surface area contributed by atoms with E-state index in [1.807, 2.05) is 0 Å². The van der Waals surface area contributed by atoms with Crippen molar-refractivity contribution in [1.29, 1.82) is 0 Å². The van der Waals surface area contributed by atoms with Gasteiger partial charge in [0.05, 0.1) is 0 Å². The Morgan fingerprint density at radius 1 is 1.50 bits per heavy atom. The first kappa shape index (κ1) is 9.74. The van der Waals surface area contributed by atoms with Gasteiger partial charge in [-0.25, -0.2) is 8.78 Å². The van der Waals surface area contributed by atoms with Gasteiger partial charge in [-0.2, -0.15) is 4.39 Å². The maximum absolute atomic E-state index is 11.7. The molecular formula is C4H4BrF3O2. The molecular weight excluding hydrogens is 217 g/mol. The lowest BCUT2D eigenvalue weighted by Gasteiger charge is -2.06. The van der Waals surface area contributed by atoms with Crippen molar-refractivity contribution in [3.8, 4) is 0 Å². The highest BCUT2D eigenvalue weighted by atomic mass is 79.9. The fourth-order valence-electron chi connectivity index (χ4n) is 0.209. The van der Waals surface area contributed by atoms with Crippen LogP contribution in [0.3, 0.4) is 0 Å². The largest absolute Gasteiger partial charge is 0.424 e. The predicted octanol–water partition coefficient (Wildman–Crippen LogP) is 1.49. The van der Waals surface area contributed by atoms with E-state index in [4.69, 9.17) is 0 Å². The van der Waals surface area contributed by atoms with Gasteiger partial charge in [-0.05, 0) is 0 Å². The highest BCUT2D eigenvalue weighted by Gasteiger charge is 2.22. The molecule has 0 rings (SSSR count). The predicted molar refractivity (Wildman–Crippen MR) is 30.8 cm³/mol. The Kier molecular flexibility index (Phi) is 4.42. The summed E-state index contributed by atoms with van der Waals surface area (Å²) in [6, 6.07) is 0. The van der Waals surface area contributed by atoms with E-state index in [1.54, 1.807) is 0 Å². The molecule has 0 heterocycles. The van der Waals surface area contributed by atoms with Gasteiger partial charge < -0.3 is 4.74 Å². The first-order valence-electron chi connectivity index (χ1n) is 2.25. The second kappa shape index (κ2) is 4.54. The molecule has 0 amide bonds. The van der Waals surface area contributed by atoms with Gasteiger partial charge in [0.1, 0.15) is 5.33 Å². The van der Waals surface area contributed by atoms with Crippen LogP contribution < -0.4 is 0 Å². The van der Waals surface area contributed by atoms with Crippen molar-refractivity contribution in [3.05, 3.63) is 0 Å². The van der Waals surface area contributed by atoms with E-state index < -0.39 is 18.8 Å². The zero-order valence-corrected chi connectivity index (χ0v) is 6.28. The Morgan fingerprint density at radius 2 is 2.00 bits per heavy atom. The average Bonchev–Trinajstić information content (AvgIpc) is 1.87. The lowest BCUT2D eigenvalue weighted by molar-refractivity contribution is -0.170. The monoisotopic (exact) mass is 220 g/mol. The number of ether oxygens (including phenoxy) is 1. The molecule has 0 aliphatic heterocycles. The summed E-state index contributed by atoms with van der Waals surface area (Å²) in [4.78, 5) is 10.1. The Bertz CT molecular complexity index is 119. The number of halogens is 4. The number of esters is 1. The van der Waals surface area contributed by atoms with Crippen molar-refractivity contribution in [3.63, 3.8) is 0 Å². The minimum absolute atomic E-state index is 0.292. The quantitative estimate of drug-likeness (QED) is 0.533. The maximum atomic E-state index is 11.7. The van der Waals surface area contributed by atoms with Gasteiger partial charge in [0.2, 0.25) is 0 Å². The van der Waals surface area contributed by atoms with Crippen LogP contribution in [-0.4, -0.2) is 24.1 Å². The highest BCUT2D eigenvalue weighted by molar-refractivity contribution is 9.09. The SMILES string of the molecule is O=C(CBr)OC(F)C(F)F. The lowest BCUT2D eigenvalue weighted by atomic mass is 10.7. The topological polar surface area (TPSA) is 26.3 Å². The van der Waals surface area contributed by atoms with Crippen LogP contribution in [0.2, 0.25) is 0 Å². The molecule has 0 aliphatic rings. The van der Waals surface area contributed by atoms with Crippen LogP contribution in [0.1, 0.15) is 0 Å². The molecule has 0 aliphatic carbocycles. The smallest absolute Gasteiger partial charge is 0.319 e. The summed E-state index contributed by atoms with van der Waals surface area (Å²) in [5.74, 6) is -1.05. The summed E-state index contributed by atoms with van der Waals surface area (Å²) in [7, 11) is 0. The molecule has 0 bridgehead atoms. The van der Waals surface area contributed by atoms with Gasteiger partial charge in [0, 0.05) is 0 Å². The third-order valence-electron chi connectivity index (χ3n) is 0.551. The van der Waals surface area contributed by atoms with E-state index in [0.717, 1.165) is 0 Å². The van der Waals surface area contributed by atoms with Crippen LogP contribution in [-0.2, 0) is 9.53 Å². The molecule has 0 saturated carbocycles. The van der Waals surface area contributed by atoms with Crippen molar-refractivity contribution >= 4 is 21.9 Å². The minimum Gasteiger partial charge on any atom is -0.424 e. The molecule has 0 aromatic rings. The summed E-state index contributed by atoms with van der Waals surface area (Å²) < 4.78 is 37.8. The number of hydrogen-bond acceptors (Lipinski definition) is 2. The summed E-state index contributed by atoms with van der Waals surface area (Å²) in [5, 5.41) is -0.292. The third-order valence-corrected chi connectivity index (χ3v) is 1.01. The Hall–Kier alpha value is -0.260. The summed E-state index contributed by atoms with van der Waals surface area (Å²) in [6.45, 7) is 0.